The summed E-state index contributed by atoms with van der Waals surface area (Å²) >= 11 is 0. The standard InChI is InChI=1S/C15H21N3O3/c1-17-9-5-6-11(17)10-18(2)15(21)16-13-8-4-3-7-12(13)14(19)20/h3-4,7-8,11H,5-6,9-10H2,1-2H3,(H,16,21)(H,19,20). The molecule has 1 atom stereocenters. The number of para-hydroxylation sites is 1. The summed E-state index contributed by atoms with van der Waals surface area (Å²) in [5, 5.41) is 11.8. The maximum Gasteiger partial charge on any atom is 0.337 e. The molecule has 0 saturated carbocycles. The fourth-order valence-corrected chi connectivity index (χ4v) is 2.60. The number of likely N-dealkylation sites (tertiary alicyclic amines) is 1. The first-order valence-corrected chi connectivity index (χ1v) is 7.03. The number of rotatable bonds is 4. The number of carboxylic acids is 1. The normalized spacial score (nSPS) is 18.5. The molecule has 0 spiro atoms. The zero-order valence-electron chi connectivity index (χ0n) is 12.4. The van der Waals surface area contributed by atoms with E-state index in [0.717, 1.165) is 19.4 Å². The lowest BCUT2D eigenvalue weighted by Gasteiger charge is -2.26. The second-order valence-electron chi connectivity index (χ2n) is 5.44. The van der Waals surface area contributed by atoms with Crippen LogP contribution in [0.25, 0.3) is 0 Å². The Bertz CT molecular complexity index is 533. The number of carbonyl (C=O) groups excluding carboxylic acids is 1. The van der Waals surface area contributed by atoms with Crippen LogP contribution in [0.15, 0.2) is 24.3 Å². The third-order valence-electron chi connectivity index (χ3n) is 3.90. The van der Waals surface area contributed by atoms with Crippen molar-refractivity contribution >= 4 is 17.7 Å². The number of urea groups is 1. The first kappa shape index (κ1) is 15.3. The zero-order valence-corrected chi connectivity index (χ0v) is 12.4. The molecule has 21 heavy (non-hydrogen) atoms. The molecular formula is C15H21N3O3. The molecule has 2 amide bonds. The fourth-order valence-electron chi connectivity index (χ4n) is 2.60. The van der Waals surface area contributed by atoms with Gasteiger partial charge in [-0.3, -0.25) is 0 Å². The number of aromatic carboxylic acids is 1. The molecule has 1 aromatic carbocycles. The molecule has 1 aliphatic heterocycles. The van der Waals surface area contributed by atoms with Gasteiger partial charge in [-0.25, -0.2) is 9.59 Å². The van der Waals surface area contributed by atoms with Crippen LogP contribution in [0.3, 0.4) is 0 Å². The van der Waals surface area contributed by atoms with Crippen LogP contribution in [-0.4, -0.2) is 60.1 Å². The van der Waals surface area contributed by atoms with Crippen LogP contribution in [-0.2, 0) is 0 Å². The minimum Gasteiger partial charge on any atom is -0.478 e. The lowest BCUT2D eigenvalue weighted by molar-refractivity contribution is 0.0698. The van der Waals surface area contributed by atoms with E-state index in [9.17, 15) is 9.59 Å². The Balaban J connectivity index is 1.99. The van der Waals surface area contributed by atoms with Gasteiger partial charge in [-0.15, -0.1) is 0 Å². The summed E-state index contributed by atoms with van der Waals surface area (Å²) in [7, 11) is 3.79. The number of benzene rings is 1. The quantitative estimate of drug-likeness (QED) is 0.889. The Morgan fingerprint density at radius 1 is 1.43 bits per heavy atom. The predicted molar refractivity (Wildman–Crippen MR) is 80.7 cm³/mol. The van der Waals surface area contributed by atoms with Gasteiger partial charge in [-0.2, -0.15) is 0 Å². The predicted octanol–water partition coefficient (Wildman–Crippen LogP) is 1.94. The Hall–Kier alpha value is -2.08. The monoisotopic (exact) mass is 291 g/mol. The van der Waals surface area contributed by atoms with Crippen LogP contribution in [0, 0.1) is 0 Å². The molecular weight excluding hydrogens is 270 g/mol. The molecule has 0 aromatic heterocycles. The summed E-state index contributed by atoms with van der Waals surface area (Å²) in [6, 6.07) is 6.49. The topological polar surface area (TPSA) is 72.9 Å². The lowest BCUT2D eigenvalue weighted by atomic mass is 10.2. The van der Waals surface area contributed by atoms with E-state index in [-0.39, 0.29) is 11.6 Å². The van der Waals surface area contributed by atoms with E-state index < -0.39 is 5.97 Å². The van der Waals surface area contributed by atoms with Crippen molar-refractivity contribution in [2.24, 2.45) is 0 Å². The van der Waals surface area contributed by atoms with Crippen LogP contribution in [0.5, 0.6) is 0 Å². The zero-order chi connectivity index (χ0) is 15.4. The Morgan fingerprint density at radius 2 is 2.14 bits per heavy atom. The molecule has 114 valence electrons. The van der Waals surface area contributed by atoms with Crippen LogP contribution in [0.4, 0.5) is 10.5 Å². The van der Waals surface area contributed by atoms with Crippen molar-refractivity contribution in [2.45, 2.75) is 18.9 Å². The SMILES string of the molecule is CN(CC1CCCN1C)C(=O)Nc1ccccc1C(=O)O. The van der Waals surface area contributed by atoms with Gasteiger partial charge in [-0.1, -0.05) is 12.1 Å². The number of carboxylic acid groups (broad SMARTS) is 1. The Kier molecular flexibility index (Phi) is 4.80. The molecule has 0 radical (unpaired) electrons. The van der Waals surface area contributed by atoms with Crippen LogP contribution < -0.4 is 5.32 Å². The highest BCUT2D eigenvalue weighted by Gasteiger charge is 2.24. The van der Waals surface area contributed by atoms with Crippen LogP contribution >= 0.6 is 0 Å². The van der Waals surface area contributed by atoms with E-state index in [1.54, 1.807) is 30.1 Å². The van der Waals surface area contributed by atoms with Crippen molar-refractivity contribution in [1.29, 1.82) is 0 Å². The molecule has 1 aliphatic rings. The van der Waals surface area contributed by atoms with Gasteiger partial charge in [0, 0.05) is 19.6 Å². The maximum absolute atomic E-state index is 12.2. The highest BCUT2D eigenvalue weighted by molar-refractivity contribution is 5.99. The number of nitrogens with zero attached hydrogens (tertiary/aromatic N) is 2. The smallest absolute Gasteiger partial charge is 0.337 e. The number of anilines is 1. The van der Waals surface area contributed by atoms with Gasteiger partial charge in [0.1, 0.15) is 0 Å². The van der Waals surface area contributed by atoms with Crippen molar-refractivity contribution < 1.29 is 14.7 Å². The fraction of sp³-hybridized carbons (Fsp3) is 0.467. The second-order valence-corrected chi connectivity index (χ2v) is 5.44. The number of nitrogens with one attached hydrogen (secondary N) is 1. The van der Waals surface area contributed by atoms with E-state index in [1.807, 2.05) is 0 Å². The summed E-state index contributed by atoms with van der Waals surface area (Å²) < 4.78 is 0. The van der Waals surface area contributed by atoms with Crippen molar-refractivity contribution in [1.82, 2.24) is 9.80 Å². The summed E-state index contributed by atoms with van der Waals surface area (Å²) in [6.07, 6.45) is 2.23. The highest BCUT2D eigenvalue weighted by atomic mass is 16.4. The summed E-state index contributed by atoms with van der Waals surface area (Å²) in [6.45, 7) is 1.69. The minimum atomic E-state index is -1.05. The molecule has 1 unspecified atom stereocenters. The Morgan fingerprint density at radius 3 is 2.76 bits per heavy atom. The van der Waals surface area contributed by atoms with E-state index in [1.165, 1.54) is 6.07 Å². The lowest BCUT2D eigenvalue weighted by Crippen LogP contribution is -2.41. The van der Waals surface area contributed by atoms with Gasteiger partial charge in [-0.05, 0) is 38.6 Å². The van der Waals surface area contributed by atoms with E-state index in [4.69, 9.17) is 5.11 Å². The summed E-state index contributed by atoms with van der Waals surface area (Å²) in [5.74, 6) is -1.05. The molecule has 1 heterocycles. The molecule has 0 bridgehead atoms. The van der Waals surface area contributed by atoms with Crippen molar-refractivity contribution in [3.8, 4) is 0 Å². The van der Waals surface area contributed by atoms with E-state index >= 15 is 0 Å². The van der Waals surface area contributed by atoms with Crippen LogP contribution in [0.2, 0.25) is 0 Å². The van der Waals surface area contributed by atoms with Gasteiger partial charge >= 0.3 is 12.0 Å². The first-order chi connectivity index (χ1) is 9.99. The molecule has 6 nitrogen and oxygen atoms in total. The molecule has 2 N–H and O–H groups in total. The van der Waals surface area contributed by atoms with Crippen molar-refractivity contribution in [3.05, 3.63) is 29.8 Å². The maximum atomic E-state index is 12.2. The third-order valence-corrected chi connectivity index (χ3v) is 3.90. The largest absolute Gasteiger partial charge is 0.478 e. The second kappa shape index (κ2) is 6.58. The molecule has 2 rings (SSSR count). The highest BCUT2D eigenvalue weighted by Crippen LogP contribution is 2.17. The number of carbonyl (C=O) groups is 2. The van der Waals surface area contributed by atoms with Crippen molar-refractivity contribution in [2.75, 3.05) is 32.5 Å². The molecule has 6 heteroatoms. The molecule has 1 fully saturated rings. The van der Waals surface area contributed by atoms with Gasteiger partial charge in [0.05, 0.1) is 11.3 Å². The molecule has 0 aliphatic carbocycles. The van der Waals surface area contributed by atoms with Gasteiger partial charge in [0.15, 0.2) is 0 Å². The van der Waals surface area contributed by atoms with Gasteiger partial charge < -0.3 is 20.2 Å². The van der Waals surface area contributed by atoms with Crippen LogP contribution in [0.1, 0.15) is 23.2 Å². The summed E-state index contributed by atoms with van der Waals surface area (Å²) in [5.41, 5.74) is 0.416. The third kappa shape index (κ3) is 3.72. The molecule has 1 saturated heterocycles. The number of likely N-dealkylation sites (N-methyl/N-ethyl adjacent to an activating group) is 2. The first-order valence-electron chi connectivity index (χ1n) is 7.03. The van der Waals surface area contributed by atoms with Gasteiger partial charge in [0.2, 0.25) is 0 Å². The number of amides is 2. The van der Waals surface area contributed by atoms with E-state index in [2.05, 4.69) is 17.3 Å². The van der Waals surface area contributed by atoms with Crippen molar-refractivity contribution in [3.63, 3.8) is 0 Å². The minimum absolute atomic E-state index is 0.0947. The molecule has 1 aromatic rings. The average molecular weight is 291 g/mol. The van der Waals surface area contributed by atoms with Gasteiger partial charge in [0.25, 0.3) is 0 Å². The van der Waals surface area contributed by atoms with E-state index in [0.29, 0.717) is 18.3 Å². The summed E-state index contributed by atoms with van der Waals surface area (Å²) in [4.78, 5) is 27.2. The number of hydrogen-bond acceptors (Lipinski definition) is 3. The number of hydrogen-bond donors (Lipinski definition) is 2. The average Bonchev–Trinajstić information content (AvgIpc) is 2.84. The Labute approximate surface area is 124 Å².